The molecule has 3 heteroatoms. The van der Waals surface area contributed by atoms with Crippen LogP contribution in [-0.2, 0) is 4.79 Å². The number of benzene rings is 1. The van der Waals surface area contributed by atoms with Crippen molar-refractivity contribution in [2.45, 2.75) is 27.2 Å². The van der Waals surface area contributed by atoms with Gasteiger partial charge in [0.2, 0.25) is 5.91 Å². The van der Waals surface area contributed by atoms with Crippen LogP contribution in [0.15, 0.2) is 18.2 Å². The molecule has 0 radical (unpaired) electrons. The van der Waals surface area contributed by atoms with Gasteiger partial charge in [-0.2, -0.15) is 0 Å². The summed E-state index contributed by atoms with van der Waals surface area (Å²) in [6.07, 6.45) is 0.832. The number of carbonyl (C=O) groups excluding carboxylic acids is 1. The van der Waals surface area contributed by atoms with Gasteiger partial charge >= 0.3 is 0 Å². The summed E-state index contributed by atoms with van der Waals surface area (Å²) >= 11 is 0. The molecule has 3 nitrogen and oxygen atoms in total. The number of hydrogen-bond donors (Lipinski definition) is 2. The third-order valence-electron chi connectivity index (χ3n) is 3.42. The molecule has 0 bridgehead atoms. The Kier molecular flexibility index (Phi) is 2.62. The second kappa shape index (κ2) is 3.81. The molecule has 16 heavy (non-hydrogen) atoms. The smallest absolute Gasteiger partial charge is 0.232 e. The highest BCUT2D eigenvalue weighted by Crippen LogP contribution is 2.32. The molecule has 2 rings (SSSR count). The first kappa shape index (κ1) is 11.0. The average molecular weight is 218 g/mol. The van der Waals surface area contributed by atoms with Crippen molar-refractivity contribution < 1.29 is 4.79 Å². The molecule has 0 saturated heterocycles. The molecule has 0 spiro atoms. The Bertz CT molecular complexity index is 428. The summed E-state index contributed by atoms with van der Waals surface area (Å²) in [7, 11) is 0. The maximum atomic E-state index is 12.1. The normalized spacial score (nSPS) is 24.1. The summed E-state index contributed by atoms with van der Waals surface area (Å²) in [5.41, 5.74) is 2.77. The zero-order chi connectivity index (χ0) is 11.8. The Morgan fingerprint density at radius 2 is 2.12 bits per heavy atom. The molecule has 86 valence electrons. The van der Waals surface area contributed by atoms with Gasteiger partial charge in [0, 0.05) is 6.54 Å². The fraction of sp³-hybridized carbons (Fsp3) is 0.462. The first-order valence-electron chi connectivity index (χ1n) is 5.71. The van der Waals surface area contributed by atoms with Gasteiger partial charge in [0.05, 0.1) is 16.8 Å². The number of carbonyl (C=O) groups is 1. The van der Waals surface area contributed by atoms with E-state index >= 15 is 0 Å². The van der Waals surface area contributed by atoms with Crippen LogP contribution in [0.5, 0.6) is 0 Å². The molecular formula is C13H18N2O. The lowest BCUT2D eigenvalue weighted by molar-refractivity contribution is -0.124. The molecule has 1 amide bonds. The SMILES string of the molecule is CCC1(C)CNc2cc(C)ccc2NC1=O. The van der Waals surface area contributed by atoms with E-state index in [0.29, 0.717) is 6.54 Å². The van der Waals surface area contributed by atoms with Crippen molar-refractivity contribution in [3.63, 3.8) is 0 Å². The Morgan fingerprint density at radius 3 is 2.81 bits per heavy atom. The van der Waals surface area contributed by atoms with Gasteiger partial charge in [-0.3, -0.25) is 4.79 Å². The fourth-order valence-electron chi connectivity index (χ4n) is 1.84. The van der Waals surface area contributed by atoms with Crippen LogP contribution in [0.3, 0.4) is 0 Å². The van der Waals surface area contributed by atoms with E-state index in [1.165, 1.54) is 5.56 Å². The van der Waals surface area contributed by atoms with E-state index in [9.17, 15) is 4.79 Å². The molecule has 0 fully saturated rings. The molecular weight excluding hydrogens is 200 g/mol. The molecule has 0 saturated carbocycles. The minimum Gasteiger partial charge on any atom is -0.382 e. The summed E-state index contributed by atoms with van der Waals surface area (Å²) in [6, 6.07) is 6.03. The first-order chi connectivity index (χ1) is 7.55. The lowest BCUT2D eigenvalue weighted by Crippen LogP contribution is -2.36. The summed E-state index contributed by atoms with van der Waals surface area (Å²) in [4.78, 5) is 12.1. The number of anilines is 2. The van der Waals surface area contributed by atoms with Crippen LogP contribution in [0, 0.1) is 12.3 Å². The van der Waals surface area contributed by atoms with Gasteiger partial charge in [0.15, 0.2) is 0 Å². The Balaban J connectivity index is 2.37. The van der Waals surface area contributed by atoms with Crippen LogP contribution in [0.2, 0.25) is 0 Å². The monoisotopic (exact) mass is 218 g/mol. The Labute approximate surface area is 96.2 Å². The van der Waals surface area contributed by atoms with E-state index in [-0.39, 0.29) is 11.3 Å². The number of rotatable bonds is 1. The van der Waals surface area contributed by atoms with Crippen LogP contribution in [0.4, 0.5) is 11.4 Å². The highest BCUT2D eigenvalue weighted by Gasteiger charge is 2.33. The van der Waals surface area contributed by atoms with Crippen LogP contribution in [-0.4, -0.2) is 12.5 Å². The van der Waals surface area contributed by atoms with Gasteiger partial charge in [-0.05, 0) is 38.0 Å². The molecule has 0 aromatic heterocycles. The topological polar surface area (TPSA) is 41.1 Å². The molecule has 1 aliphatic rings. The van der Waals surface area contributed by atoms with Crippen molar-refractivity contribution in [3.05, 3.63) is 23.8 Å². The van der Waals surface area contributed by atoms with E-state index in [1.807, 2.05) is 32.9 Å². The third-order valence-corrected chi connectivity index (χ3v) is 3.42. The number of fused-ring (bicyclic) bond motifs is 1. The maximum Gasteiger partial charge on any atom is 0.232 e. The van der Waals surface area contributed by atoms with Crippen molar-refractivity contribution >= 4 is 17.3 Å². The zero-order valence-corrected chi connectivity index (χ0v) is 10.1. The summed E-state index contributed by atoms with van der Waals surface area (Å²) in [5.74, 6) is 0.102. The lowest BCUT2D eigenvalue weighted by Gasteiger charge is -2.23. The minimum atomic E-state index is -0.326. The second-order valence-corrected chi connectivity index (χ2v) is 4.77. The summed E-state index contributed by atoms with van der Waals surface area (Å²) in [5, 5.41) is 6.34. The Morgan fingerprint density at radius 1 is 1.38 bits per heavy atom. The van der Waals surface area contributed by atoms with Crippen molar-refractivity contribution in [1.82, 2.24) is 0 Å². The lowest BCUT2D eigenvalue weighted by atomic mass is 9.86. The molecule has 1 aromatic carbocycles. The highest BCUT2D eigenvalue weighted by atomic mass is 16.2. The first-order valence-corrected chi connectivity index (χ1v) is 5.71. The van der Waals surface area contributed by atoms with Crippen molar-refractivity contribution in [2.75, 3.05) is 17.2 Å². The predicted molar refractivity (Wildman–Crippen MR) is 66.7 cm³/mol. The van der Waals surface area contributed by atoms with Gasteiger partial charge in [0.25, 0.3) is 0 Å². The van der Waals surface area contributed by atoms with E-state index < -0.39 is 0 Å². The van der Waals surface area contributed by atoms with E-state index in [1.54, 1.807) is 0 Å². The molecule has 0 aliphatic carbocycles. The number of hydrogen-bond acceptors (Lipinski definition) is 2. The van der Waals surface area contributed by atoms with Crippen molar-refractivity contribution in [2.24, 2.45) is 5.41 Å². The van der Waals surface area contributed by atoms with Gasteiger partial charge in [-0.15, -0.1) is 0 Å². The second-order valence-electron chi connectivity index (χ2n) is 4.77. The quantitative estimate of drug-likeness (QED) is 0.761. The van der Waals surface area contributed by atoms with Crippen molar-refractivity contribution in [3.8, 4) is 0 Å². The van der Waals surface area contributed by atoms with Crippen LogP contribution >= 0.6 is 0 Å². The average Bonchev–Trinajstić information content (AvgIpc) is 2.39. The molecule has 1 atom stereocenters. The summed E-state index contributed by atoms with van der Waals surface area (Å²) in [6.45, 7) is 6.77. The molecule has 1 aliphatic heterocycles. The number of nitrogens with one attached hydrogen (secondary N) is 2. The van der Waals surface area contributed by atoms with Gasteiger partial charge in [-0.25, -0.2) is 0 Å². The van der Waals surface area contributed by atoms with Crippen LogP contribution < -0.4 is 10.6 Å². The van der Waals surface area contributed by atoms with Gasteiger partial charge < -0.3 is 10.6 Å². The molecule has 1 aromatic rings. The van der Waals surface area contributed by atoms with Gasteiger partial charge in [-0.1, -0.05) is 13.0 Å². The molecule has 2 N–H and O–H groups in total. The molecule has 1 unspecified atom stereocenters. The van der Waals surface area contributed by atoms with E-state index in [0.717, 1.165) is 17.8 Å². The summed E-state index contributed by atoms with van der Waals surface area (Å²) < 4.78 is 0. The zero-order valence-electron chi connectivity index (χ0n) is 10.1. The fourth-order valence-corrected chi connectivity index (χ4v) is 1.84. The van der Waals surface area contributed by atoms with Crippen LogP contribution in [0.1, 0.15) is 25.8 Å². The molecule has 1 heterocycles. The number of amides is 1. The minimum absolute atomic E-state index is 0.102. The Hall–Kier alpha value is -1.51. The van der Waals surface area contributed by atoms with Gasteiger partial charge in [0.1, 0.15) is 0 Å². The van der Waals surface area contributed by atoms with E-state index in [4.69, 9.17) is 0 Å². The highest BCUT2D eigenvalue weighted by molar-refractivity contribution is 5.99. The largest absolute Gasteiger partial charge is 0.382 e. The predicted octanol–water partition coefficient (Wildman–Crippen LogP) is 2.78. The third kappa shape index (κ3) is 1.77. The number of aryl methyl sites for hydroxylation is 1. The van der Waals surface area contributed by atoms with Crippen molar-refractivity contribution in [1.29, 1.82) is 0 Å². The van der Waals surface area contributed by atoms with E-state index in [2.05, 4.69) is 16.7 Å². The van der Waals surface area contributed by atoms with Crippen LogP contribution in [0.25, 0.3) is 0 Å². The standard InChI is InChI=1S/C13H18N2O/c1-4-13(3)8-14-11-7-9(2)5-6-10(11)15-12(13)16/h5-7,14H,4,8H2,1-3H3,(H,15,16). The maximum absolute atomic E-state index is 12.1.